The van der Waals surface area contributed by atoms with E-state index in [-0.39, 0.29) is 23.8 Å². The number of sulfonamides is 1. The van der Waals surface area contributed by atoms with Gasteiger partial charge in [-0.05, 0) is 40.5 Å². The van der Waals surface area contributed by atoms with Crippen molar-refractivity contribution in [3.05, 3.63) is 28.2 Å². The Morgan fingerprint density at radius 2 is 2.05 bits per heavy atom. The fourth-order valence-corrected chi connectivity index (χ4v) is 4.53. The smallest absolute Gasteiger partial charge is 0.244 e. The quantitative estimate of drug-likeness (QED) is 0.876. The molecule has 7 heteroatoms. The van der Waals surface area contributed by atoms with Gasteiger partial charge >= 0.3 is 0 Å². The first-order chi connectivity index (χ1) is 8.91. The number of carbonyl (C=O) groups excluding carboxylic acids is 1. The number of nitrogens with zero attached hydrogens (tertiary/aromatic N) is 1. The minimum atomic E-state index is -3.56. The molecule has 1 N–H and O–H groups in total. The third kappa shape index (κ3) is 3.16. The van der Waals surface area contributed by atoms with Crippen molar-refractivity contribution < 1.29 is 13.2 Å². The summed E-state index contributed by atoms with van der Waals surface area (Å²) in [4.78, 5) is 11.5. The van der Waals surface area contributed by atoms with Crippen LogP contribution < -0.4 is 5.32 Å². The molecule has 0 aliphatic carbocycles. The highest BCUT2D eigenvalue weighted by molar-refractivity contribution is 9.10. The van der Waals surface area contributed by atoms with Gasteiger partial charge in [-0.3, -0.25) is 4.79 Å². The third-order valence-electron chi connectivity index (χ3n) is 2.98. The van der Waals surface area contributed by atoms with Crippen molar-refractivity contribution in [3.8, 4) is 0 Å². The molecular weight excluding hydrogens is 332 g/mol. The van der Waals surface area contributed by atoms with Crippen molar-refractivity contribution in [2.45, 2.75) is 18.2 Å². The second-order valence-electron chi connectivity index (χ2n) is 4.44. The molecule has 1 aromatic rings. The largest absolute Gasteiger partial charge is 0.355 e. The molecule has 1 aliphatic heterocycles. The molecule has 0 saturated carbocycles. The molecular formula is C12H15BrN2O3S. The molecule has 5 nitrogen and oxygen atoms in total. The molecule has 1 aromatic carbocycles. The first-order valence-corrected chi connectivity index (χ1v) is 8.17. The average molecular weight is 347 g/mol. The monoisotopic (exact) mass is 346 g/mol. The highest BCUT2D eigenvalue weighted by Crippen LogP contribution is 2.26. The Hall–Kier alpha value is -0.920. The summed E-state index contributed by atoms with van der Waals surface area (Å²) < 4.78 is 27.0. The highest BCUT2D eigenvalue weighted by atomic mass is 79.9. The summed E-state index contributed by atoms with van der Waals surface area (Å²) in [6.07, 6.45) is 0.197. The molecule has 1 amide bonds. The maximum atomic E-state index is 12.5. The van der Waals surface area contributed by atoms with Crippen molar-refractivity contribution >= 4 is 31.9 Å². The number of carbonyl (C=O) groups is 1. The van der Waals surface area contributed by atoms with Crippen molar-refractivity contribution in [2.24, 2.45) is 0 Å². The summed E-state index contributed by atoms with van der Waals surface area (Å²) in [6.45, 7) is 2.76. The van der Waals surface area contributed by atoms with Crippen LogP contribution in [0.5, 0.6) is 0 Å². The number of halogens is 1. The van der Waals surface area contributed by atoms with Gasteiger partial charge in [-0.2, -0.15) is 4.31 Å². The molecule has 1 aliphatic rings. The SMILES string of the molecule is Cc1ccc(S(=O)(=O)N2CCNC(=O)CC2)c(Br)c1. The standard InChI is InChI=1S/C12H15BrN2O3S/c1-9-2-3-11(10(13)8-9)19(17,18)15-6-4-12(16)14-5-7-15/h2-3,8H,4-7H2,1H3,(H,14,16). The minimum absolute atomic E-state index is 0.110. The second kappa shape index (κ2) is 5.60. The van der Waals surface area contributed by atoms with Crippen LogP contribution >= 0.6 is 15.9 Å². The molecule has 0 radical (unpaired) electrons. The van der Waals surface area contributed by atoms with Gasteiger partial charge in [0.25, 0.3) is 0 Å². The Morgan fingerprint density at radius 3 is 2.74 bits per heavy atom. The van der Waals surface area contributed by atoms with Crippen LogP contribution in [0.4, 0.5) is 0 Å². The third-order valence-corrected chi connectivity index (χ3v) is 5.85. The van der Waals surface area contributed by atoms with E-state index in [1.807, 2.05) is 6.92 Å². The van der Waals surface area contributed by atoms with Crippen LogP contribution in [-0.4, -0.2) is 38.3 Å². The van der Waals surface area contributed by atoms with Crippen molar-refractivity contribution in [1.29, 1.82) is 0 Å². The van der Waals surface area contributed by atoms with Gasteiger partial charge in [0, 0.05) is 30.5 Å². The Kier molecular flexibility index (Phi) is 4.27. The van der Waals surface area contributed by atoms with Crippen LogP contribution in [0, 0.1) is 6.92 Å². The molecule has 0 bridgehead atoms. The second-order valence-corrected chi connectivity index (χ2v) is 7.20. The Balaban J connectivity index is 2.33. The topological polar surface area (TPSA) is 66.5 Å². The van der Waals surface area contributed by atoms with Crippen molar-refractivity contribution in [1.82, 2.24) is 9.62 Å². The predicted octanol–water partition coefficient (Wildman–Crippen LogP) is 1.27. The van der Waals surface area contributed by atoms with Gasteiger partial charge in [-0.15, -0.1) is 0 Å². The lowest BCUT2D eigenvalue weighted by Crippen LogP contribution is -2.34. The van der Waals surface area contributed by atoms with Gasteiger partial charge < -0.3 is 5.32 Å². The van der Waals surface area contributed by atoms with Crippen LogP contribution in [0.1, 0.15) is 12.0 Å². The van der Waals surface area contributed by atoms with Gasteiger partial charge in [0.1, 0.15) is 0 Å². The van der Waals surface area contributed by atoms with E-state index < -0.39 is 10.0 Å². The number of nitrogens with one attached hydrogen (secondary N) is 1. The summed E-state index contributed by atoms with van der Waals surface area (Å²) >= 11 is 3.29. The molecule has 1 saturated heterocycles. The summed E-state index contributed by atoms with van der Waals surface area (Å²) in [7, 11) is -3.56. The van der Waals surface area contributed by atoms with E-state index in [1.165, 1.54) is 4.31 Å². The Bertz CT molecular complexity index is 601. The van der Waals surface area contributed by atoms with Gasteiger partial charge in [0.15, 0.2) is 0 Å². The van der Waals surface area contributed by atoms with E-state index in [2.05, 4.69) is 21.2 Å². The van der Waals surface area contributed by atoms with E-state index in [0.717, 1.165) is 5.56 Å². The van der Waals surface area contributed by atoms with E-state index in [1.54, 1.807) is 18.2 Å². The van der Waals surface area contributed by atoms with Crippen LogP contribution in [0.3, 0.4) is 0 Å². The maximum absolute atomic E-state index is 12.5. The van der Waals surface area contributed by atoms with Crippen LogP contribution in [-0.2, 0) is 14.8 Å². The molecule has 1 heterocycles. The summed E-state index contributed by atoms with van der Waals surface area (Å²) in [5.41, 5.74) is 0.985. The van der Waals surface area contributed by atoms with Gasteiger partial charge in [0.2, 0.25) is 15.9 Å². The molecule has 0 spiro atoms. The average Bonchev–Trinajstić information content (AvgIpc) is 2.53. The van der Waals surface area contributed by atoms with E-state index >= 15 is 0 Å². The fraction of sp³-hybridized carbons (Fsp3) is 0.417. The lowest BCUT2D eigenvalue weighted by molar-refractivity contribution is -0.120. The van der Waals surface area contributed by atoms with Gasteiger partial charge in [-0.1, -0.05) is 6.07 Å². The lowest BCUT2D eigenvalue weighted by Gasteiger charge is -2.20. The van der Waals surface area contributed by atoms with E-state index in [0.29, 0.717) is 17.6 Å². The molecule has 0 unspecified atom stereocenters. The number of rotatable bonds is 2. The molecule has 0 aromatic heterocycles. The zero-order chi connectivity index (χ0) is 14.0. The first-order valence-electron chi connectivity index (χ1n) is 5.94. The van der Waals surface area contributed by atoms with Gasteiger partial charge in [0.05, 0.1) is 4.90 Å². The van der Waals surface area contributed by atoms with Crippen LogP contribution in [0.15, 0.2) is 27.6 Å². The number of aryl methyl sites for hydroxylation is 1. The molecule has 1 fully saturated rings. The van der Waals surface area contributed by atoms with Crippen molar-refractivity contribution in [2.75, 3.05) is 19.6 Å². The zero-order valence-electron chi connectivity index (χ0n) is 10.5. The van der Waals surface area contributed by atoms with E-state index in [4.69, 9.17) is 0 Å². The molecule has 0 atom stereocenters. The summed E-state index contributed by atoms with van der Waals surface area (Å²) in [5.74, 6) is -0.110. The predicted molar refractivity (Wildman–Crippen MR) is 75.3 cm³/mol. The van der Waals surface area contributed by atoms with Gasteiger partial charge in [-0.25, -0.2) is 8.42 Å². The number of hydrogen-bond donors (Lipinski definition) is 1. The highest BCUT2D eigenvalue weighted by Gasteiger charge is 2.28. The Morgan fingerprint density at radius 1 is 1.32 bits per heavy atom. The lowest BCUT2D eigenvalue weighted by atomic mass is 10.2. The van der Waals surface area contributed by atoms with Crippen LogP contribution in [0.25, 0.3) is 0 Å². The Labute approximate surface area is 121 Å². The number of hydrogen-bond acceptors (Lipinski definition) is 3. The normalized spacial score (nSPS) is 17.9. The summed E-state index contributed by atoms with van der Waals surface area (Å²) in [5, 5.41) is 2.67. The maximum Gasteiger partial charge on any atom is 0.244 e. The van der Waals surface area contributed by atoms with Crippen LogP contribution in [0.2, 0.25) is 0 Å². The van der Waals surface area contributed by atoms with E-state index in [9.17, 15) is 13.2 Å². The number of benzene rings is 1. The number of amides is 1. The van der Waals surface area contributed by atoms with Crippen molar-refractivity contribution in [3.63, 3.8) is 0 Å². The molecule has 2 rings (SSSR count). The fourth-order valence-electron chi connectivity index (χ4n) is 1.94. The molecule has 104 valence electrons. The summed E-state index contributed by atoms with van der Waals surface area (Å²) in [6, 6.07) is 5.13. The first kappa shape index (κ1) is 14.5. The zero-order valence-corrected chi connectivity index (χ0v) is 12.9. The minimum Gasteiger partial charge on any atom is -0.355 e. The molecule has 19 heavy (non-hydrogen) atoms.